The quantitative estimate of drug-likeness (QED) is 0.590. The summed E-state index contributed by atoms with van der Waals surface area (Å²) in [4.78, 5) is 38.2. The van der Waals surface area contributed by atoms with Gasteiger partial charge in [-0.05, 0) is 6.92 Å². The van der Waals surface area contributed by atoms with E-state index in [2.05, 4.69) is 10.3 Å². The van der Waals surface area contributed by atoms with Crippen molar-refractivity contribution in [1.29, 1.82) is 0 Å². The average Bonchev–Trinajstić information content (AvgIpc) is 2.41. The third-order valence-electron chi connectivity index (χ3n) is 3.06. The number of pyridine rings is 1. The van der Waals surface area contributed by atoms with Crippen LogP contribution in [0.2, 0.25) is 0 Å². The lowest BCUT2D eigenvalue weighted by atomic mass is 10.1. The Morgan fingerprint density at radius 1 is 1.65 bits per heavy atom. The summed E-state index contributed by atoms with van der Waals surface area (Å²) >= 11 is 0. The number of anilines is 1. The van der Waals surface area contributed by atoms with Crippen LogP contribution >= 0.6 is 0 Å². The highest BCUT2D eigenvalue weighted by atomic mass is 16.6. The van der Waals surface area contributed by atoms with E-state index in [1.54, 1.807) is 6.92 Å². The number of nitro groups is 1. The molecule has 1 aromatic rings. The maximum Gasteiger partial charge on any atom is 0.339 e. The first-order valence-corrected chi connectivity index (χ1v) is 5.84. The van der Waals surface area contributed by atoms with Gasteiger partial charge in [0.2, 0.25) is 5.91 Å². The van der Waals surface area contributed by atoms with Gasteiger partial charge in [0.25, 0.3) is 5.69 Å². The number of nitrogens with one attached hydrogen (secondary N) is 1. The number of aromatic nitrogens is 1. The molecule has 1 aliphatic rings. The molecule has 1 fully saturated rings. The van der Waals surface area contributed by atoms with E-state index < -0.39 is 22.6 Å². The summed E-state index contributed by atoms with van der Waals surface area (Å²) < 4.78 is 0. The minimum Gasteiger partial charge on any atom is -0.478 e. The van der Waals surface area contributed by atoms with E-state index in [-0.39, 0.29) is 17.3 Å². The Labute approximate surface area is 113 Å². The lowest BCUT2D eigenvalue weighted by molar-refractivity contribution is -0.385. The van der Waals surface area contributed by atoms with Crippen molar-refractivity contribution in [3.05, 3.63) is 27.9 Å². The summed E-state index contributed by atoms with van der Waals surface area (Å²) in [5.74, 6) is -1.51. The zero-order chi connectivity index (χ0) is 14.9. The van der Waals surface area contributed by atoms with E-state index in [1.807, 2.05) is 0 Å². The second-order valence-electron chi connectivity index (χ2n) is 4.29. The van der Waals surface area contributed by atoms with Crippen LogP contribution in [0.3, 0.4) is 0 Å². The molecule has 1 saturated heterocycles. The molecule has 0 radical (unpaired) electrons. The van der Waals surface area contributed by atoms with Crippen molar-refractivity contribution in [1.82, 2.24) is 10.3 Å². The van der Waals surface area contributed by atoms with Gasteiger partial charge in [0.15, 0.2) is 0 Å². The van der Waals surface area contributed by atoms with Crippen LogP contribution < -0.4 is 10.2 Å². The van der Waals surface area contributed by atoms with Crippen LogP contribution in [0.4, 0.5) is 11.5 Å². The lowest BCUT2D eigenvalue weighted by Crippen LogP contribution is -2.54. The molecule has 1 unspecified atom stereocenters. The molecule has 1 aromatic heterocycles. The van der Waals surface area contributed by atoms with Gasteiger partial charge < -0.3 is 15.3 Å². The monoisotopic (exact) mass is 280 g/mol. The highest BCUT2D eigenvalue weighted by Crippen LogP contribution is 2.25. The van der Waals surface area contributed by atoms with Gasteiger partial charge >= 0.3 is 5.97 Å². The Hall–Kier alpha value is -2.71. The SMILES string of the molecule is CC1C(=O)NCCN1c1ncc([N+](=O)[O-])cc1C(=O)O. The molecule has 2 heterocycles. The molecule has 1 aliphatic heterocycles. The smallest absolute Gasteiger partial charge is 0.339 e. The van der Waals surface area contributed by atoms with Gasteiger partial charge in [-0.2, -0.15) is 0 Å². The number of carboxylic acid groups (broad SMARTS) is 1. The zero-order valence-corrected chi connectivity index (χ0v) is 10.6. The molecule has 2 N–H and O–H groups in total. The fraction of sp³-hybridized carbons (Fsp3) is 0.364. The third-order valence-corrected chi connectivity index (χ3v) is 3.06. The first kappa shape index (κ1) is 13.7. The van der Waals surface area contributed by atoms with Crippen molar-refractivity contribution in [2.45, 2.75) is 13.0 Å². The van der Waals surface area contributed by atoms with Crippen LogP contribution in [-0.4, -0.2) is 46.0 Å². The van der Waals surface area contributed by atoms with Crippen molar-refractivity contribution in [2.24, 2.45) is 0 Å². The van der Waals surface area contributed by atoms with E-state index in [4.69, 9.17) is 5.11 Å². The molecule has 1 amide bonds. The first-order chi connectivity index (χ1) is 9.41. The fourth-order valence-electron chi connectivity index (χ4n) is 2.00. The number of rotatable bonds is 3. The molecule has 0 bridgehead atoms. The van der Waals surface area contributed by atoms with Gasteiger partial charge in [-0.25, -0.2) is 9.78 Å². The Morgan fingerprint density at radius 3 is 2.95 bits per heavy atom. The molecular formula is C11H12N4O5. The Bertz CT molecular complexity index is 588. The second-order valence-corrected chi connectivity index (χ2v) is 4.29. The summed E-state index contributed by atoms with van der Waals surface area (Å²) in [5, 5.41) is 22.5. The minimum absolute atomic E-state index is 0.0606. The molecule has 0 spiro atoms. The number of carbonyl (C=O) groups is 2. The fourth-order valence-corrected chi connectivity index (χ4v) is 2.00. The van der Waals surface area contributed by atoms with E-state index >= 15 is 0 Å². The molecule has 0 aromatic carbocycles. The van der Waals surface area contributed by atoms with Crippen LogP contribution in [0.15, 0.2) is 12.3 Å². The number of carbonyl (C=O) groups excluding carboxylic acids is 1. The van der Waals surface area contributed by atoms with Gasteiger partial charge in [-0.1, -0.05) is 0 Å². The molecule has 2 rings (SSSR count). The number of amides is 1. The van der Waals surface area contributed by atoms with Gasteiger partial charge in [0.1, 0.15) is 23.6 Å². The van der Waals surface area contributed by atoms with Gasteiger partial charge in [0, 0.05) is 19.2 Å². The van der Waals surface area contributed by atoms with Crippen molar-refractivity contribution >= 4 is 23.4 Å². The van der Waals surface area contributed by atoms with E-state index in [1.165, 1.54) is 4.90 Å². The maximum absolute atomic E-state index is 11.6. The van der Waals surface area contributed by atoms with E-state index in [9.17, 15) is 19.7 Å². The molecular weight excluding hydrogens is 268 g/mol. The number of hydrogen-bond acceptors (Lipinski definition) is 6. The Kier molecular flexibility index (Phi) is 3.51. The van der Waals surface area contributed by atoms with Crippen LogP contribution in [0.25, 0.3) is 0 Å². The normalized spacial score (nSPS) is 18.6. The predicted octanol–water partition coefficient (Wildman–Crippen LogP) is 0.0127. The number of carboxylic acids is 1. The molecule has 9 nitrogen and oxygen atoms in total. The highest BCUT2D eigenvalue weighted by Gasteiger charge is 2.30. The van der Waals surface area contributed by atoms with E-state index in [0.29, 0.717) is 13.1 Å². The standard InChI is InChI=1S/C11H12N4O5/c1-6-10(16)12-2-3-14(6)9-8(11(17)18)4-7(5-13-9)15(19)20/h4-6H,2-3H2,1H3,(H,12,16)(H,17,18). The number of aromatic carboxylic acids is 1. The summed E-state index contributed by atoms with van der Waals surface area (Å²) in [6.07, 6.45) is 0.987. The van der Waals surface area contributed by atoms with Crippen molar-refractivity contribution in [3.8, 4) is 0 Å². The van der Waals surface area contributed by atoms with Crippen molar-refractivity contribution < 1.29 is 19.6 Å². The summed E-state index contributed by atoms with van der Waals surface area (Å²) in [5.41, 5.74) is -0.694. The summed E-state index contributed by atoms with van der Waals surface area (Å²) in [6.45, 7) is 2.36. The summed E-state index contributed by atoms with van der Waals surface area (Å²) in [7, 11) is 0. The molecule has 0 saturated carbocycles. The second kappa shape index (κ2) is 5.11. The van der Waals surface area contributed by atoms with E-state index in [0.717, 1.165) is 12.3 Å². The zero-order valence-electron chi connectivity index (χ0n) is 10.6. The van der Waals surface area contributed by atoms with Gasteiger partial charge in [-0.3, -0.25) is 14.9 Å². The van der Waals surface area contributed by atoms with Gasteiger partial charge in [-0.15, -0.1) is 0 Å². The number of nitrogens with zero attached hydrogens (tertiary/aromatic N) is 3. The van der Waals surface area contributed by atoms with Crippen molar-refractivity contribution in [3.63, 3.8) is 0 Å². The van der Waals surface area contributed by atoms with Crippen molar-refractivity contribution in [2.75, 3.05) is 18.0 Å². The third kappa shape index (κ3) is 2.37. The van der Waals surface area contributed by atoms with Gasteiger partial charge in [0.05, 0.1) is 4.92 Å². The maximum atomic E-state index is 11.6. The summed E-state index contributed by atoms with van der Waals surface area (Å²) in [6, 6.07) is 0.361. The number of piperazine rings is 1. The molecule has 0 aliphatic carbocycles. The largest absolute Gasteiger partial charge is 0.478 e. The first-order valence-electron chi connectivity index (χ1n) is 5.84. The average molecular weight is 280 g/mol. The van der Waals surface area contributed by atoms with Crippen LogP contribution in [0.1, 0.15) is 17.3 Å². The molecule has 1 atom stereocenters. The Balaban J connectivity index is 2.47. The topological polar surface area (TPSA) is 126 Å². The molecule has 20 heavy (non-hydrogen) atoms. The number of hydrogen-bond donors (Lipinski definition) is 2. The predicted molar refractivity (Wildman–Crippen MR) is 67.7 cm³/mol. The molecule has 9 heteroatoms. The van der Waals surface area contributed by atoms with Crippen LogP contribution in [0.5, 0.6) is 0 Å². The highest BCUT2D eigenvalue weighted by molar-refractivity contribution is 5.95. The van der Waals surface area contributed by atoms with Crippen LogP contribution in [-0.2, 0) is 4.79 Å². The van der Waals surface area contributed by atoms with Crippen LogP contribution in [0, 0.1) is 10.1 Å². The Morgan fingerprint density at radius 2 is 2.35 bits per heavy atom. The lowest BCUT2D eigenvalue weighted by Gasteiger charge is -2.34. The minimum atomic E-state index is -1.32. The molecule has 106 valence electrons.